The first-order chi connectivity index (χ1) is 11.7. The van der Waals surface area contributed by atoms with Crippen molar-refractivity contribution < 1.29 is 20.3 Å². The third kappa shape index (κ3) is 3.10. The smallest absolute Gasteiger partial charge is 0.238 e. The fourth-order valence-corrected chi connectivity index (χ4v) is 2.23. The number of nitrogens with zero attached hydrogens (tertiary/aromatic N) is 2. The van der Waals surface area contributed by atoms with Gasteiger partial charge in [-0.25, -0.2) is 26.3 Å². The molecular weight excluding hydrogens is 312 g/mol. The molecule has 8 nitrogen and oxygen atoms in total. The van der Waals surface area contributed by atoms with Crippen LogP contribution >= 0.6 is 0 Å². The highest BCUT2D eigenvalue weighted by Crippen LogP contribution is 2.33. The molecule has 2 aromatic carbocycles. The van der Waals surface area contributed by atoms with Crippen LogP contribution in [-0.4, -0.2) is 20.5 Å². The molecule has 0 aliphatic heterocycles. The van der Waals surface area contributed by atoms with Gasteiger partial charge in [0, 0.05) is 11.1 Å². The highest BCUT2D eigenvalue weighted by molar-refractivity contribution is 5.71. The Labute approximate surface area is 137 Å². The minimum Gasteiger partial charge on any atom is -0.336 e. The summed E-state index contributed by atoms with van der Waals surface area (Å²) in [7, 11) is 0. The first-order valence-corrected chi connectivity index (χ1v) is 6.93. The van der Waals surface area contributed by atoms with Crippen LogP contribution in [0.15, 0.2) is 54.6 Å². The van der Waals surface area contributed by atoms with Gasteiger partial charge in [0.25, 0.3) is 0 Å². The summed E-state index contributed by atoms with van der Waals surface area (Å²) in [4.78, 5) is 16.9. The lowest BCUT2D eigenvalue weighted by Gasteiger charge is -2.09. The van der Waals surface area contributed by atoms with Gasteiger partial charge >= 0.3 is 0 Å². The van der Waals surface area contributed by atoms with Crippen LogP contribution in [-0.2, 0) is 0 Å². The summed E-state index contributed by atoms with van der Waals surface area (Å²) in [5.74, 6) is 5.60. The molecule has 0 unspecified atom stereocenters. The number of hydrogen-bond acceptors (Lipinski definition) is 8. The van der Waals surface area contributed by atoms with Crippen molar-refractivity contribution in [2.24, 2.45) is 5.84 Å². The van der Waals surface area contributed by atoms with Gasteiger partial charge in [-0.05, 0) is 24.3 Å². The number of aromatic nitrogens is 2. The van der Waals surface area contributed by atoms with E-state index in [0.29, 0.717) is 17.0 Å². The van der Waals surface area contributed by atoms with Gasteiger partial charge in [-0.2, -0.15) is 0 Å². The molecule has 24 heavy (non-hydrogen) atoms. The molecule has 5 N–H and O–H groups in total. The van der Waals surface area contributed by atoms with Crippen molar-refractivity contribution in [3.63, 3.8) is 0 Å². The van der Waals surface area contributed by atoms with Crippen LogP contribution in [0.4, 0.5) is 5.95 Å². The summed E-state index contributed by atoms with van der Waals surface area (Å²) < 4.78 is 0. The number of nitrogen functional groups attached to an aromatic ring is 1. The SMILES string of the molecule is NNc1nc(-c2ccccc2)cc(-c2ccc(OO)c(OO)c2)n1. The van der Waals surface area contributed by atoms with Gasteiger partial charge in [0.1, 0.15) is 0 Å². The Hall–Kier alpha value is -3.20. The number of nitrogens with two attached hydrogens (primary N) is 1. The number of anilines is 1. The van der Waals surface area contributed by atoms with E-state index >= 15 is 0 Å². The molecule has 0 spiro atoms. The molecule has 0 radical (unpaired) electrons. The normalized spacial score (nSPS) is 10.3. The zero-order valence-electron chi connectivity index (χ0n) is 12.4. The predicted molar refractivity (Wildman–Crippen MR) is 87.2 cm³/mol. The van der Waals surface area contributed by atoms with Crippen LogP contribution in [0.2, 0.25) is 0 Å². The highest BCUT2D eigenvalue weighted by Gasteiger charge is 2.12. The third-order valence-electron chi connectivity index (χ3n) is 3.36. The number of benzene rings is 2. The third-order valence-corrected chi connectivity index (χ3v) is 3.36. The number of hydrogen-bond donors (Lipinski definition) is 4. The molecule has 0 aliphatic carbocycles. The molecule has 0 fully saturated rings. The summed E-state index contributed by atoms with van der Waals surface area (Å²) in [6.45, 7) is 0. The van der Waals surface area contributed by atoms with Crippen LogP contribution in [0, 0.1) is 0 Å². The maximum absolute atomic E-state index is 8.90. The zero-order valence-corrected chi connectivity index (χ0v) is 12.4. The number of hydrazine groups is 1. The average molecular weight is 326 g/mol. The Morgan fingerprint density at radius 3 is 2.08 bits per heavy atom. The lowest BCUT2D eigenvalue weighted by molar-refractivity contribution is -0.164. The van der Waals surface area contributed by atoms with Gasteiger partial charge in [-0.3, -0.25) is 5.43 Å². The van der Waals surface area contributed by atoms with Gasteiger partial charge in [-0.1, -0.05) is 30.3 Å². The molecule has 122 valence electrons. The molecule has 0 saturated carbocycles. The molecule has 0 saturated heterocycles. The Kier molecular flexibility index (Phi) is 4.52. The minimum atomic E-state index is -0.0582. The summed E-state index contributed by atoms with van der Waals surface area (Å²) >= 11 is 0. The monoisotopic (exact) mass is 326 g/mol. The van der Waals surface area contributed by atoms with E-state index < -0.39 is 0 Å². The standard InChI is InChI=1S/C16H14N4O4/c17-20-16-18-12(10-4-2-1-3-5-10)9-13(19-16)11-6-7-14(23-21)15(8-11)24-22/h1-9,21-22H,17H2,(H,18,19,20). The van der Waals surface area contributed by atoms with Crippen molar-refractivity contribution in [1.82, 2.24) is 9.97 Å². The van der Waals surface area contributed by atoms with Crippen LogP contribution < -0.4 is 21.0 Å². The van der Waals surface area contributed by atoms with Crippen LogP contribution in [0.5, 0.6) is 11.5 Å². The fraction of sp³-hybridized carbons (Fsp3) is 0. The Morgan fingerprint density at radius 1 is 0.792 bits per heavy atom. The topological polar surface area (TPSA) is 123 Å². The van der Waals surface area contributed by atoms with Crippen LogP contribution in [0.25, 0.3) is 22.5 Å². The quantitative estimate of drug-likeness (QED) is 0.321. The van der Waals surface area contributed by atoms with E-state index in [4.69, 9.17) is 16.4 Å². The maximum Gasteiger partial charge on any atom is 0.238 e. The van der Waals surface area contributed by atoms with Crippen molar-refractivity contribution in [1.29, 1.82) is 0 Å². The average Bonchev–Trinajstić information content (AvgIpc) is 2.67. The highest BCUT2D eigenvalue weighted by atomic mass is 17.1. The van der Waals surface area contributed by atoms with Crippen molar-refractivity contribution >= 4 is 5.95 Å². The van der Waals surface area contributed by atoms with E-state index in [-0.39, 0.29) is 17.4 Å². The second-order valence-electron chi connectivity index (χ2n) is 4.82. The summed E-state index contributed by atoms with van der Waals surface area (Å²) in [5, 5.41) is 17.6. The van der Waals surface area contributed by atoms with E-state index in [9.17, 15) is 0 Å². The Morgan fingerprint density at radius 2 is 1.46 bits per heavy atom. The van der Waals surface area contributed by atoms with Gasteiger partial charge in [0.15, 0.2) is 0 Å². The molecule has 0 aliphatic rings. The second kappa shape index (κ2) is 6.92. The molecule has 3 rings (SSSR count). The van der Waals surface area contributed by atoms with Crippen molar-refractivity contribution in [3.05, 3.63) is 54.6 Å². The van der Waals surface area contributed by atoms with E-state index in [2.05, 4.69) is 25.2 Å². The largest absolute Gasteiger partial charge is 0.336 e. The summed E-state index contributed by atoms with van der Waals surface area (Å²) in [6, 6.07) is 15.8. The summed E-state index contributed by atoms with van der Waals surface area (Å²) in [5.41, 5.74) is 5.14. The second-order valence-corrected chi connectivity index (χ2v) is 4.82. The molecule has 1 aromatic heterocycles. The zero-order chi connectivity index (χ0) is 16.9. The molecule has 3 aromatic rings. The molecule has 8 heteroatoms. The molecule has 0 bridgehead atoms. The van der Waals surface area contributed by atoms with E-state index in [1.807, 2.05) is 30.3 Å². The van der Waals surface area contributed by atoms with Gasteiger partial charge in [0.05, 0.1) is 11.4 Å². The van der Waals surface area contributed by atoms with Crippen molar-refractivity contribution in [2.75, 3.05) is 5.43 Å². The van der Waals surface area contributed by atoms with Crippen LogP contribution in [0.1, 0.15) is 0 Å². The first-order valence-electron chi connectivity index (χ1n) is 6.93. The molecule has 0 atom stereocenters. The Balaban J connectivity index is 2.11. The van der Waals surface area contributed by atoms with Gasteiger partial charge in [-0.15, -0.1) is 0 Å². The van der Waals surface area contributed by atoms with Crippen molar-refractivity contribution in [3.8, 4) is 34.0 Å². The maximum atomic E-state index is 8.90. The summed E-state index contributed by atoms with van der Waals surface area (Å²) in [6.07, 6.45) is 0. The van der Waals surface area contributed by atoms with Crippen molar-refractivity contribution in [2.45, 2.75) is 0 Å². The predicted octanol–water partition coefficient (Wildman–Crippen LogP) is 2.80. The lowest BCUT2D eigenvalue weighted by atomic mass is 10.1. The van der Waals surface area contributed by atoms with E-state index in [1.165, 1.54) is 12.1 Å². The first kappa shape index (κ1) is 15.7. The molecule has 0 amide bonds. The van der Waals surface area contributed by atoms with E-state index in [1.54, 1.807) is 12.1 Å². The van der Waals surface area contributed by atoms with Gasteiger partial charge < -0.3 is 9.78 Å². The number of rotatable bonds is 5. The van der Waals surface area contributed by atoms with E-state index in [0.717, 1.165) is 5.56 Å². The number of nitrogens with one attached hydrogen (secondary N) is 1. The lowest BCUT2D eigenvalue weighted by Crippen LogP contribution is -2.11. The minimum absolute atomic E-state index is 0.0317. The van der Waals surface area contributed by atoms with Gasteiger partial charge in [0.2, 0.25) is 17.4 Å². The fourth-order valence-electron chi connectivity index (χ4n) is 2.23. The molecular formula is C16H14N4O4. The van der Waals surface area contributed by atoms with Crippen LogP contribution in [0.3, 0.4) is 0 Å². The Bertz CT molecular complexity index is 843. The molecule has 1 heterocycles.